The molecule has 0 aromatic heterocycles. The molecule has 0 fully saturated rings. The first-order valence-corrected chi connectivity index (χ1v) is 6.55. The first-order valence-electron chi connectivity index (χ1n) is 6.55. The molecular formula is C13H28O7. The van der Waals surface area contributed by atoms with E-state index in [4.69, 9.17) is 29.9 Å². The van der Waals surface area contributed by atoms with Crippen molar-refractivity contribution >= 4 is 5.97 Å². The summed E-state index contributed by atoms with van der Waals surface area (Å²) in [4.78, 5) is 11.0. The number of unbranched alkanes of at least 4 members (excludes halogenated alkanes) is 1. The van der Waals surface area contributed by atoms with E-state index in [9.17, 15) is 4.79 Å². The summed E-state index contributed by atoms with van der Waals surface area (Å²) in [5.74, 6) is -2.51. The minimum absolute atomic E-state index is 0.365. The highest BCUT2D eigenvalue weighted by Crippen LogP contribution is 2.27. The number of hydrogen-bond acceptors (Lipinski definition) is 6. The lowest BCUT2D eigenvalue weighted by atomic mass is 9.94. The van der Waals surface area contributed by atoms with Gasteiger partial charge in [0.1, 0.15) is 12.0 Å². The number of carbonyl (C=O) groups is 1. The number of rotatable bonds is 9. The Morgan fingerprint density at radius 1 is 1.20 bits per heavy atom. The minimum atomic E-state index is -1.03. The Balaban J connectivity index is 0. The molecule has 7 heteroatoms. The predicted molar refractivity (Wildman–Crippen MR) is 73.3 cm³/mol. The fourth-order valence-electron chi connectivity index (χ4n) is 1.44. The van der Waals surface area contributed by atoms with Crippen LogP contribution in [0.3, 0.4) is 0 Å². The van der Waals surface area contributed by atoms with Crippen LogP contribution in [0, 0.1) is 5.92 Å². The van der Waals surface area contributed by atoms with Gasteiger partial charge in [0.05, 0.1) is 13.2 Å². The molecular weight excluding hydrogens is 268 g/mol. The standard InChI is InChI=1S/C10H20O4.C3H8O3/c1-5-6-7-8(9(11)12)10(2,13-3)14-4;4-1-3(6)2-5/h8H,5-7H2,1-4H3,(H,11,12);3-6H,1-2H2. The monoisotopic (exact) mass is 296 g/mol. The van der Waals surface area contributed by atoms with Gasteiger partial charge < -0.3 is 29.9 Å². The average Bonchev–Trinajstić information content (AvgIpc) is 2.46. The van der Waals surface area contributed by atoms with Crippen LogP contribution in [0.1, 0.15) is 33.1 Å². The molecule has 1 unspecified atom stereocenters. The van der Waals surface area contributed by atoms with E-state index in [0.717, 1.165) is 12.8 Å². The molecule has 20 heavy (non-hydrogen) atoms. The topological polar surface area (TPSA) is 116 Å². The molecule has 0 aliphatic rings. The SMILES string of the molecule is CCCCC(C(=O)O)C(C)(OC)OC.OCC(O)CO. The lowest BCUT2D eigenvalue weighted by molar-refractivity contribution is -0.232. The molecule has 4 N–H and O–H groups in total. The molecule has 122 valence electrons. The summed E-state index contributed by atoms with van der Waals surface area (Å²) in [5.41, 5.74) is 0. The molecule has 0 radical (unpaired) electrons. The van der Waals surface area contributed by atoms with Gasteiger partial charge in [-0.05, 0) is 13.3 Å². The maximum absolute atomic E-state index is 11.0. The van der Waals surface area contributed by atoms with E-state index in [1.807, 2.05) is 6.92 Å². The molecule has 0 rings (SSSR count). The van der Waals surface area contributed by atoms with Gasteiger partial charge in [-0.15, -0.1) is 0 Å². The second kappa shape index (κ2) is 12.0. The van der Waals surface area contributed by atoms with Crippen molar-refractivity contribution in [3.05, 3.63) is 0 Å². The molecule has 0 heterocycles. The van der Waals surface area contributed by atoms with E-state index in [0.29, 0.717) is 6.42 Å². The Labute approximate surface area is 120 Å². The van der Waals surface area contributed by atoms with E-state index < -0.39 is 23.8 Å². The van der Waals surface area contributed by atoms with Crippen molar-refractivity contribution in [3.63, 3.8) is 0 Å². The van der Waals surface area contributed by atoms with Gasteiger partial charge in [0.15, 0.2) is 5.79 Å². The quantitative estimate of drug-likeness (QED) is 0.450. The van der Waals surface area contributed by atoms with Crippen LogP contribution in [-0.2, 0) is 14.3 Å². The van der Waals surface area contributed by atoms with Crippen LogP contribution >= 0.6 is 0 Å². The number of methoxy groups -OCH3 is 2. The Bertz CT molecular complexity index is 237. The fraction of sp³-hybridized carbons (Fsp3) is 0.923. The Hall–Kier alpha value is -0.730. The number of aliphatic hydroxyl groups is 3. The highest BCUT2D eigenvalue weighted by Gasteiger charge is 2.39. The van der Waals surface area contributed by atoms with Crippen molar-refractivity contribution in [1.82, 2.24) is 0 Å². The van der Waals surface area contributed by atoms with E-state index in [1.165, 1.54) is 14.2 Å². The van der Waals surface area contributed by atoms with E-state index in [1.54, 1.807) is 6.92 Å². The summed E-state index contributed by atoms with van der Waals surface area (Å²) in [7, 11) is 2.93. The average molecular weight is 296 g/mol. The molecule has 7 nitrogen and oxygen atoms in total. The predicted octanol–water partition coefficient (Wildman–Crippen LogP) is 0.218. The first kappa shape index (κ1) is 21.6. The molecule has 1 atom stereocenters. The molecule has 0 aliphatic heterocycles. The van der Waals surface area contributed by atoms with Crippen molar-refractivity contribution in [2.75, 3.05) is 27.4 Å². The Morgan fingerprint density at radius 2 is 1.65 bits per heavy atom. The van der Waals surface area contributed by atoms with Crippen LogP contribution < -0.4 is 0 Å². The van der Waals surface area contributed by atoms with Gasteiger partial charge in [0, 0.05) is 14.2 Å². The van der Waals surface area contributed by atoms with Gasteiger partial charge in [-0.1, -0.05) is 19.8 Å². The molecule has 0 bridgehead atoms. The Kier molecular flexibility index (Phi) is 13.0. The van der Waals surface area contributed by atoms with Crippen molar-refractivity contribution in [2.45, 2.75) is 45.0 Å². The van der Waals surface area contributed by atoms with Crippen molar-refractivity contribution < 1.29 is 34.7 Å². The second-order valence-electron chi connectivity index (χ2n) is 4.48. The maximum Gasteiger partial charge on any atom is 0.311 e. The molecule has 0 aromatic rings. The third-order valence-corrected chi connectivity index (χ3v) is 3.01. The molecule has 0 saturated heterocycles. The maximum atomic E-state index is 11.0. The highest BCUT2D eigenvalue weighted by atomic mass is 16.7. The minimum Gasteiger partial charge on any atom is -0.481 e. The fourth-order valence-corrected chi connectivity index (χ4v) is 1.44. The zero-order chi connectivity index (χ0) is 16.2. The van der Waals surface area contributed by atoms with E-state index in [-0.39, 0.29) is 13.2 Å². The molecule has 0 spiro atoms. The van der Waals surface area contributed by atoms with Crippen LogP contribution in [0.2, 0.25) is 0 Å². The third-order valence-electron chi connectivity index (χ3n) is 3.01. The normalized spacial score (nSPS) is 12.8. The first-order chi connectivity index (χ1) is 9.32. The summed E-state index contributed by atoms with van der Waals surface area (Å²) in [5, 5.41) is 33.1. The van der Waals surface area contributed by atoms with Gasteiger partial charge in [-0.3, -0.25) is 4.79 Å². The number of aliphatic carboxylic acids is 1. The van der Waals surface area contributed by atoms with Crippen molar-refractivity contribution in [1.29, 1.82) is 0 Å². The van der Waals surface area contributed by atoms with Gasteiger partial charge in [0.25, 0.3) is 0 Å². The zero-order valence-electron chi connectivity index (χ0n) is 12.7. The largest absolute Gasteiger partial charge is 0.481 e. The number of carboxylic acid groups (broad SMARTS) is 1. The summed E-state index contributed by atoms with van der Waals surface area (Å²) in [6.07, 6.45) is 1.45. The van der Waals surface area contributed by atoms with Gasteiger partial charge in [-0.2, -0.15) is 0 Å². The number of carboxylic acids is 1. The van der Waals surface area contributed by atoms with Crippen LogP contribution in [0.25, 0.3) is 0 Å². The highest BCUT2D eigenvalue weighted by molar-refractivity contribution is 5.71. The lowest BCUT2D eigenvalue weighted by Gasteiger charge is -2.32. The smallest absolute Gasteiger partial charge is 0.311 e. The summed E-state index contributed by atoms with van der Waals surface area (Å²) in [6.45, 7) is 2.95. The summed E-state index contributed by atoms with van der Waals surface area (Å²) < 4.78 is 10.2. The third kappa shape index (κ3) is 8.44. The van der Waals surface area contributed by atoms with E-state index in [2.05, 4.69) is 0 Å². The Morgan fingerprint density at radius 3 is 1.85 bits per heavy atom. The second-order valence-corrected chi connectivity index (χ2v) is 4.48. The zero-order valence-corrected chi connectivity index (χ0v) is 12.7. The summed E-state index contributed by atoms with van der Waals surface area (Å²) >= 11 is 0. The van der Waals surface area contributed by atoms with Crippen molar-refractivity contribution in [3.8, 4) is 0 Å². The van der Waals surface area contributed by atoms with Crippen LogP contribution in [0.5, 0.6) is 0 Å². The van der Waals surface area contributed by atoms with Gasteiger partial charge >= 0.3 is 5.97 Å². The van der Waals surface area contributed by atoms with Crippen LogP contribution in [-0.4, -0.2) is 65.7 Å². The molecule has 0 saturated carbocycles. The molecule has 0 amide bonds. The van der Waals surface area contributed by atoms with Crippen molar-refractivity contribution in [2.24, 2.45) is 5.92 Å². The van der Waals surface area contributed by atoms with Crippen LogP contribution in [0.15, 0.2) is 0 Å². The van der Waals surface area contributed by atoms with Gasteiger partial charge in [0.2, 0.25) is 0 Å². The molecule has 0 aliphatic carbocycles. The van der Waals surface area contributed by atoms with Crippen LogP contribution in [0.4, 0.5) is 0 Å². The number of ether oxygens (including phenoxy) is 2. The lowest BCUT2D eigenvalue weighted by Crippen LogP contribution is -2.43. The van der Waals surface area contributed by atoms with E-state index >= 15 is 0 Å². The number of aliphatic hydroxyl groups excluding tert-OH is 3. The molecule has 0 aromatic carbocycles. The van der Waals surface area contributed by atoms with Gasteiger partial charge in [-0.25, -0.2) is 0 Å². The number of hydrogen-bond donors (Lipinski definition) is 4. The summed E-state index contributed by atoms with van der Waals surface area (Å²) in [6, 6.07) is 0.